The van der Waals surface area contributed by atoms with Crippen molar-refractivity contribution in [2.45, 2.75) is 70.6 Å². The van der Waals surface area contributed by atoms with E-state index in [1.54, 1.807) is 0 Å². The molecule has 1 saturated carbocycles. The summed E-state index contributed by atoms with van der Waals surface area (Å²) in [6.07, 6.45) is 11.0. The summed E-state index contributed by atoms with van der Waals surface area (Å²) >= 11 is 6.14. The molecule has 14 heavy (non-hydrogen) atoms. The van der Waals surface area contributed by atoms with Crippen LogP contribution in [0.4, 0.5) is 0 Å². The Labute approximate surface area is 94.4 Å². The van der Waals surface area contributed by atoms with Crippen LogP contribution in [-0.2, 0) is 0 Å². The largest absolute Gasteiger partial charge is 0.123 e. The van der Waals surface area contributed by atoms with Crippen LogP contribution in [-0.4, -0.2) is 5.38 Å². The first-order valence-electron chi connectivity index (χ1n) is 6.40. The van der Waals surface area contributed by atoms with E-state index in [0.29, 0.717) is 5.38 Å². The van der Waals surface area contributed by atoms with Crippen LogP contribution in [0.2, 0.25) is 0 Å². The van der Waals surface area contributed by atoms with Gasteiger partial charge in [0.25, 0.3) is 0 Å². The van der Waals surface area contributed by atoms with Crippen molar-refractivity contribution < 1.29 is 0 Å². The highest BCUT2D eigenvalue weighted by molar-refractivity contribution is 6.20. The number of hydrogen-bond donors (Lipinski definition) is 0. The minimum atomic E-state index is 0.430. The zero-order valence-electron chi connectivity index (χ0n) is 9.77. The van der Waals surface area contributed by atoms with E-state index in [-0.39, 0.29) is 0 Å². The van der Waals surface area contributed by atoms with Crippen molar-refractivity contribution in [2.24, 2.45) is 11.8 Å². The SMILES string of the molecule is CCC(Cl)CCC1CCC(CC)CC1. The number of halogens is 1. The van der Waals surface area contributed by atoms with Gasteiger partial charge in [0.1, 0.15) is 0 Å². The summed E-state index contributed by atoms with van der Waals surface area (Å²) in [5.74, 6) is 2.02. The molecule has 0 spiro atoms. The van der Waals surface area contributed by atoms with Crippen molar-refractivity contribution in [3.63, 3.8) is 0 Å². The third kappa shape index (κ3) is 4.21. The zero-order valence-corrected chi connectivity index (χ0v) is 10.5. The Kier molecular flexibility index (Phi) is 5.93. The number of rotatable bonds is 5. The average Bonchev–Trinajstić information content (AvgIpc) is 2.26. The van der Waals surface area contributed by atoms with Crippen LogP contribution < -0.4 is 0 Å². The zero-order chi connectivity index (χ0) is 10.4. The van der Waals surface area contributed by atoms with Crippen LogP contribution in [0.3, 0.4) is 0 Å². The second-order valence-electron chi connectivity index (χ2n) is 4.88. The molecule has 0 aromatic rings. The molecular formula is C13H25Cl. The quantitative estimate of drug-likeness (QED) is 0.568. The smallest absolute Gasteiger partial charge is 0.0333 e. The van der Waals surface area contributed by atoms with Gasteiger partial charge < -0.3 is 0 Å². The molecule has 0 heterocycles. The molecule has 0 nitrogen and oxygen atoms in total. The molecule has 0 radical (unpaired) electrons. The Balaban J connectivity index is 2.10. The topological polar surface area (TPSA) is 0 Å². The third-order valence-electron chi connectivity index (χ3n) is 3.87. The summed E-state index contributed by atoms with van der Waals surface area (Å²) in [4.78, 5) is 0. The Morgan fingerprint density at radius 3 is 2.14 bits per heavy atom. The van der Waals surface area contributed by atoms with E-state index in [2.05, 4.69) is 13.8 Å². The molecule has 84 valence electrons. The Morgan fingerprint density at radius 2 is 1.64 bits per heavy atom. The first kappa shape index (κ1) is 12.4. The van der Waals surface area contributed by atoms with Crippen LogP contribution in [0, 0.1) is 11.8 Å². The molecule has 0 aliphatic heterocycles. The lowest BCUT2D eigenvalue weighted by Crippen LogP contribution is -2.15. The van der Waals surface area contributed by atoms with E-state index in [1.807, 2.05) is 0 Å². The van der Waals surface area contributed by atoms with Crippen LogP contribution in [0.15, 0.2) is 0 Å². The fraction of sp³-hybridized carbons (Fsp3) is 1.00. The molecule has 0 aromatic heterocycles. The predicted octanol–water partition coefficient (Wildman–Crippen LogP) is 5.00. The third-order valence-corrected chi connectivity index (χ3v) is 4.40. The number of hydrogen-bond acceptors (Lipinski definition) is 0. The van der Waals surface area contributed by atoms with Gasteiger partial charge in [-0.3, -0.25) is 0 Å². The molecule has 1 aliphatic carbocycles. The Hall–Kier alpha value is 0.290. The minimum absolute atomic E-state index is 0.430. The van der Waals surface area contributed by atoms with Gasteiger partial charge in [0.2, 0.25) is 0 Å². The first-order valence-corrected chi connectivity index (χ1v) is 6.83. The molecule has 1 aliphatic rings. The van der Waals surface area contributed by atoms with Gasteiger partial charge in [-0.1, -0.05) is 46.0 Å². The van der Waals surface area contributed by atoms with Gasteiger partial charge in [-0.2, -0.15) is 0 Å². The van der Waals surface area contributed by atoms with Crippen LogP contribution in [0.25, 0.3) is 0 Å². The van der Waals surface area contributed by atoms with Crippen molar-refractivity contribution in [3.8, 4) is 0 Å². The lowest BCUT2D eigenvalue weighted by Gasteiger charge is -2.28. The van der Waals surface area contributed by atoms with Gasteiger partial charge in [-0.05, 0) is 31.1 Å². The van der Waals surface area contributed by atoms with Crippen molar-refractivity contribution in [1.29, 1.82) is 0 Å². The lowest BCUT2D eigenvalue weighted by atomic mass is 9.79. The number of alkyl halides is 1. The molecule has 0 aromatic carbocycles. The lowest BCUT2D eigenvalue weighted by molar-refractivity contribution is 0.254. The fourth-order valence-electron chi connectivity index (χ4n) is 2.55. The monoisotopic (exact) mass is 216 g/mol. The van der Waals surface area contributed by atoms with Crippen LogP contribution in [0.1, 0.15) is 65.2 Å². The molecule has 1 rings (SSSR count). The molecule has 1 atom stereocenters. The standard InChI is InChI=1S/C13H25Cl/c1-3-11-5-7-12(8-6-11)9-10-13(14)4-2/h11-13H,3-10H2,1-2H3. The normalized spacial score (nSPS) is 30.2. The van der Waals surface area contributed by atoms with Gasteiger partial charge in [-0.15, -0.1) is 11.6 Å². The highest BCUT2D eigenvalue weighted by Crippen LogP contribution is 2.33. The molecular weight excluding hydrogens is 192 g/mol. The minimum Gasteiger partial charge on any atom is -0.123 e. The summed E-state index contributed by atoms with van der Waals surface area (Å²) in [5.41, 5.74) is 0. The highest BCUT2D eigenvalue weighted by Gasteiger charge is 2.20. The van der Waals surface area contributed by atoms with Crippen molar-refractivity contribution in [2.75, 3.05) is 0 Å². The Morgan fingerprint density at radius 1 is 1.07 bits per heavy atom. The van der Waals surface area contributed by atoms with E-state index in [4.69, 9.17) is 11.6 Å². The van der Waals surface area contributed by atoms with Crippen molar-refractivity contribution >= 4 is 11.6 Å². The average molecular weight is 217 g/mol. The second kappa shape index (κ2) is 6.71. The maximum atomic E-state index is 6.14. The molecule has 0 N–H and O–H groups in total. The maximum Gasteiger partial charge on any atom is 0.0333 e. The highest BCUT2D eigenvalue weighted by atomic mass is 35.5. The van der Waals surface area contributed by atoms with Gasteiger partial charge in [0.05, 0.1) is 0 Å². The second-order valence-corrected chi connectivity index (χ2v) is 5.50. The van der Waals surface area contributed by atoms with Gasteiger partial charge in [-0.25, -0.2) is 0 Å². The predicted molar refractivity (Wildman–Crippen MR) is 64.9 cm³/mol. The first-order chi connectivity index (χ1) is 6.76. The summed E-state index contributed by atoms with van der Waals surface area (Å²) in [6.45, 7) is 4.52. The molecule has 0 saturated heterocycles. The van der Waals surface area contributed by atoms with Crippen molar-refractivity contribution in [3.05, 3.63) is 0 Å². The molecule has 1 unspecified atom stereocenters. The van der Waals surface area contributed by atoms with Crippen molar-refractivity contribution in [1.82, 2.24) is 0 Å². The summed E-state index contributed by atoms with van der Waals surface area (Å²) in [5, 5.41) is 0.430. The molecule has 1 heteroatoms. The van der Waals surface area contributed by atoms with Gasteiger partial charge in [0, 0.05) is 5.38 Å². The van der Waals surface area contributed by atoms with E-state index in [0.717, 1.165) is 18.3 Å². The van der Waals surface area contributed by atoms with Crippen LogP contribution in [0.5, 0.6) is 0 Å². The molecule has 0 bridgehead atoms. The van der Waals surface area contributed by atoms with E-state index in [1.165, 1.54) is 44.9 Å². The van der Waals surface area contributed by atoms with Gasteiger partial charge >= 0.3 is 0 Å². The van der Waals surface area contributed by atoms with Crippen LogP contribution >= 0.6 is 11.6 Å². The summed E-state index contributed by atoms with van der Waals surface area (Å²) in [6, 6.07) is 0. The van der Waals surface area contributed by atoms with E-state index in [9.17, 15) is 0 Å². The maximum absolute atomic E-state index is 6.14. The van der Waals surface area contributed by atoms with E-state index >= 15 is 0 Å². The summed E-state index contributed by atoms with van der Waals surface area (Å²) in [7, 11) is 0. The van der Waals surface area contributed by atoms with E-state index < -0.39 is 0 Å². The fourth-order valence-corrected chi connectivity index (χ4v) is 2.68. The summed E-state index contributed by atoms with van der Waals surface area (Å²) < 4.78 is 0. The molecule has 0 amide bonds. The Bertz CT molecular complexity index is 136. The van der Waals surface area contributed by atoms with Gasteiger partial charge in [0.15, 0.2) is 0 Å². The molecule has 1 fully saturated rings.